The molecule has 7 heteroatoms. The second kappa shape index (κ2) is 4.65. The summed E-state index contributed by atoms with van der Waals surface area (Å²) in [5.41, 5.74) is -0.192. The van der Waals surface area contributed by atoms with E-state index in [2.05, 4.69) is 0 Å². The lowest BCUT2D eigenvalue weighted by Gasteiger charge is -2.19. The molecule has 5 nitrogen and oxygen atoms in total. The molecule has 0 aromatic heterocycles. The lowest BCUT2D eigenvalue weighted by Crippen LogP contribution is -2.22. The molecule has 0 aliphatic heterocycles. The maximum absolute atomic E-state index is 12.5. The second-order valence-electron chi connectivity index (χ2n) is 4.42. The van der Waals surface area contributed by atoms with Gasteiger partial charge in [0.05, 0.1) is 26.1 Å². The van der Waals surface area contributed by atoms with Crippen LogP contribution in [0.15, 0.2) is 30.3 Å². The predicted octanol–water partition coefficient (Wildman–Crippen LogP) is 3.68. The van der Waals surface area contributed by atoms with Crippen molar-refractivity contribution >= 4 is 40.5 Å². The monoisotopic (exact) mass is 321 g/mol. The molecule has 3 rings (SSSR count). The minimum atomic E-state index is -0.632. The first-order valence-electron chi connectivity index (χ1n) is 5.77. The summed E-state index contributed by atoms with van der Waals surface area (Å²) in [5.74, 6) is -1.02. The maximum Gasteiger partial charge on any atom is 0.270 e. The number of non-ortho nitro benzene ring substituents is 1. The number of halogens is 2. The molecule has 0 bridgehead atoms. The van der Waals surface area contributed by atoms with Crippen molar-refractivity contribution in [1.82, 2.24) is 0 Å². The number of hydrogen-bond donors (Lipinski definition) is 0. The molecule has 0 radical (unpaired) electrons. The van der Waals surface area contributed by atoms with Gasteiger partial charge in [0, 0.05) is 23.3 Å². The fourth-order valence-corrected chi connectivity index (χ4v) is 2.78. The number of fused-ring (bicyclic) bond motifs is 2. The summed E-state index contributed by atoms with van der Waals surface area (Å²) in [4.78, 5) is 35.1. The molecule has 1 aliphatic rings. The molecule has 2 aromatic carbocycles. The van der Waals surface area contributed by atoms with Crippen LogP contribution < -0.4 is 0 Å². The predicted molar refractivity (Wildman–Crippen MR) is 76.4 cm³/mol. The molecule has 2 aromatic rings. The number of carbonyl (C=O) groups is 2. The number of carbonyl (C=O) groups excluding carboxylic acids is 2. The van der Waals surface area contributed by atoms with Crippen LogP contribution in [0.3, 0.4) is 0 Å². The van der Waals surface area contributed by atoms with E-state index in [-0.39, 0.29) is 38.0 Å². The summed E-state index contributed by atoms with van der Waals surface area (Å²) < 4.78 is 0. The third-order valence-corrected chi connectivity index (χ3v) is 3.89. The van der Waals surface area contributed by atoms with E-state index in [1.807, 2.05) is 0 Å². The van der Waals surface area contributed by atoms with E-state index < -0.39 is 16.5 Å². The van der Waals surface area contributed by atoms with Crippen molar-refractivity contribution < 1.29 is 14.5 Å². The summed E-state index contributed by atoms with van der Waals surface area (Å²) in [6.07, 6.45) is 0. The van der Waals surface area contributed by atoms with E-state index in [0.29, 0.717) is 0 Å². The van der Waals surface area contributed by atoms with Gasteiger partial charge in [-0.1, -0.05) is 23.2 Å². The number of nitrogens with zero attached hydrogens (tertiary/aromatic N) is 1. The van der Waals surface area contributed by atoms with Crippen LogP contribution in [0.4, 0.5) is 5.69 Å². The van der Waals surface area contributed by atoms with Crippen LogP contribution in [-0.4, -0.2) is 16.5 Å². The van der Waals surface area contributed by atoms with Crippen LogP contribution in [0.25, 0.3) is 0 Å². The summed E-state index contributed by atoms with van der Waals surface area (Å²) in [5, 5.41) is 11.0. The first kappa shape index (κ1) is 13.7. The number of nitro groups is 1. The first-order valence-corrected chi connectivity index (χ1v) is 6.53. The van der Waals surface area contributed by atoms with Crippen molar-refractivity contribution in [2.75, 3.05) is 0 Å². The Bertz CT molecular complexity index is 845. The molecule has 0 fully saturated rings. The Morgan fingerprint density at radius 2 is 1.38 bits per heavy atom. The Balaban J connectivity index is 2.33. The Morgan fingerprint density at radius 3 is 1.90 bits per heavy atom. The fourth-order valence-electron chi connectivity index (χ4n) is 2.30. The molecule has 0 spiro atoms. The third-order valence-electron chi connectivity index (χ3n) is 3.26. The molecule has 0 amide bonds. The largest absolute Gasteiger partial charge is 0.289 e. The van der Waals surface area contributed by atoms with E-state index in [4.69, 9.17) is 23.2 Å². The second-order valence-corrected chi connectivity index (χ2v) is 5.24. The van der Waals surface area contributed by atoms with Crippen molar-refractivity contribution in [3.63, 3.8) is 0 Å². The third kappa shape index (κ3) is 1.93. The number of nitro benzene ring substituents is 1. The number of benzene rings is 2. The molecule has 0 saturated heterocycles. The number of hydrogen-bond acceptors (Lipinski definition) is 4. The highest BCUT2D eigenvalue weighted by Crippen LogP contribution is 2.36. The topological polar surface area (TPSA) is 77.3 Å². The zero-order chi connectivity index (χ0) is 15.3. The summed E-state index contributed by atoms with van der Waals surface area (Å²) in [7, 11) is 0. The van der Waals surface area contributed by atoms with Gasteiger partial charge in [-0.3, -0.25) is 19.7 Å². The molecule has 104 valence electrons. The van der Waals surface area contributed by atoms with Crippen molar-refractivity contribution in [2.45, 2.75) is 0 Å². The van der Waals surface area contributed by atoms with E-state index in [1.165, 1.54) is 24.3 Å². The highest BCUT2D eigenvalue weighted by atomic mass is 35.5. The summed E-state index contributed by atoms with van der Waals surface area (Å²) >= 11 is 12.0. The van der Waals surface area contributed by atoms with Gasteiger partial charge in [-0.15, -0.1) is 0 Å². The Morgan fingerprint density at radius 1 is 0.857 bits per heavy atom. The van der Waals surface area contributed by atoms with Crippen LogP contribution >= 0.6 is 23.2 Å². The molecular formula is C14H5Cl2NO4. The normalized spacial score (nSPS) is 12.9. The molecule has 0 unspecified atom stereocenters. The highest BCUT2D eigenvalue weighted by molar-refractivity contribution is 6.43. The van der Waals surface area contributed by atoms with E-state index in [0.717, 1.165) is 6.07 Å². The standard InChI is InChI=1S/C14H5Cl2NO4/c15-9-3-4-10(16)12-11(9)13(18)7-2-1-6(17(20)21)5-8(7)14(12)19/h1-5H. The average Bonchev–Trinajstić information content (AvgIpc) is 2.46. The number of ketones is 2. The summed E-state index contributed by atoms with van der Waals surface area (Å²) in [6, 6.07) is 6.36. The zero-order valence-electron chi connectivity index (χ0n) is 10.2. The van der Waals surface area contributed by atoms with Gasteiger partial charge in [0.2, 0.25) is 0 Å². The van der Waals surface area contributed by atoms with Crippen LogP contribution in [0.5, 0.6) is 0 Å². The van der Waals surface area contributed by atoms with Gasteiger partial charge in [-0.05, 0) is 18.2 Å². The minimum Gasteiger partial charge on any atom is -0.289 e. The fraction of sp³-hybridized carbons (Fsp3) is 0. The van der Waals surface area contributed by atoms with Crippen molar-refractivity contribution in [3.8, 4) is 0 Å². The molecule has 1 aliphatic carbocycles. The molecule has 0 saturated carbocycles. The highest BCUT2D eigenvalue weighted by Gasteiger charge is 2.34. The van der Waals surface area contributed by atoms with Gasteiger partial charge in [-0.25, -0.2) is 0 Å². The smallest absolute Gasteiger partial charge is 0.270 e. The quantitative estimate of drug-likeness (QED) is 0.506. The first-order chi connectivity index (χ1) is 9.91. The van der Waals surface area contributed by atoms with Gasteiger partial charge >= 0.3 is 0 Å². The van der Waals surface area contributed by atoms with Gasteiger partial charge in [-0.2, -0.15) is 0 Å². The summed E-state index contributed by atoms with van der Waals surface area (Å²) in [6.45, 7) is 0. The SMILES string of the molecule is O=C1c2ccc([N+](=O)[O-])cc2C(=O)c2c(Cl)ccc(Cl)c21. The van der Waals surface area contributed by atoms with E-state index in [9.17, 15) is 19.7 Å². The van der Waals surface area contributed by atoms with E-state index in [1.54, 1.807) is 0 Å². The molecule has 0 atom stereocenters. The van der Waals surface area contributed by atoms with Crippen LogP contribution in [0, 0.1) is 10.1 Å². The lowest BCUT2D eigenvalue weighted by molar-refractivity contribution is -0.384. The van der Waals surface area contributed by atoms with Crippen LogP contribution in [0.1, 0.15) is 31.8 Å². The average molecular weight is 322 g/mol. The van der Waals surface area contributed by atoms with Crippen molar-refractivity contribution in [3.05, 3.63) is 72.7 Å². The van der Waals surface area contributed by atoms with Crippen molar-refractivity contribution in [1.29, 1.82) is 0 Å². The van der Waals surface area contributed by atoms with Gasteiger partial charge < -0.3 is 0 Å². The Hall–Kier alpha value is -2.24. The molecule has 0 N–H and O–H groups in total. The van der Waals surface area contributed by atoms with Crippen LogP contribution in [-0.2, 0) is 0 Å². The molecular weight excluding hydrogens is 317 g/mol. The van der Waals surface area contributed by atoms with Crippen molar-refractivity contribution in [2.24, 2.45) is 0 Å². The van der Waals surface area contributed by atoms with Gasteiger partial charge in [0.25, 0.3) is 5.69 Å². The van der Waals surface area contributed by atoms with Gasteiger partial charge in [0.15, 0.2) is 11.6 Å². The zero-order valence-corrected chi connectivity index (χ0v) is 11.7. The molecule has 21 heavy (non-hydrogen) atoms. The maximum atomic E-state index is 12.5. The van der Waals surface area contributed by atoms with Crippen LogP contribution in [0.2, 0.25) is 10.0 Å². The lowest BCUT2D eigenvalue weighted by atomic mass is 9.84. The molecule has 0 heterocycles. The van der Waals surface area contributed by atoms with E-state index >= 15 is 0 Å². The van der Waals surface area contributed by atoms with Gasteiger partial charge in [0.1, 0.15) is 0 Å². The Labute approximate surface area is 128 Å². The Kier molecular flexibility index (Phi) is 3.04. The minimum absolute atomic E-state index is 0.0119. The number of rotatable bonds is 1.